The quantitative estimate of drug-likeness (QED) is 0.694. The van der Waals surface area contributed by atoms with Crippen molar-refractivity contribution < 1.29 is 18.7 Å². The predicted octanol–water partition coefficient (Wildman–Crippen LogP) is 1.36. The van der Waals surface area contributed by atoms with E-state index in [4.69, 9.17) is 16.3 Å². The lowest BCUT2D eigenvalue weighted by molar-refractivity contribution is -0.115. The number of halogens is 2. The summed E-state index contributed by atoms with van der Waals surface area (Å²) >= 11 is 5.58. The van der Waals surface area contributed by atoms with Gasteiger partial charge in [-0.15, -0.1) is 0 Å². The first-order chi connectivity index (χ1) is 9.52. The first-order valence-electron chi connectivity index (χ1n) is 5.78. The fourth-order valence-corrected chi connectivity index (χ4v) is 1.45. The lowest BCUT2D eigenvalue weighted by Gasteiger charge is -2.08. The molecule has 0 heterocycles. The molecule has 20 heavy (non-hydrogen) atoms. The third-order valence-electron chi connectivity index (χ3n) is 2.20. The van der Waals surface area contributed by atoms with Crippen LogP contribution in [-0.4, -0.2) is 38.7 Å². The fourth-order valence-electron chi connectivity index (χ4n) is 1.27. The summed E-state index contributed by atoms with van der Waals surface area (Å²) in [6, 6.07) is 3.32. The molecular weight excluding hydrogens is 289 g/mol. The number of hydrogen-bond donors (Lipinski definition) is 3. The molecule has 0 aliphatic heterocycles. The molecule has 0 saturated heterocycles. The van der Waals surface area contributed by atoms with Crippen molar-refractivity contribution >= 4 is 29.2 Å². The van der Waals surface area contributed by atoms with Crippen LogP contribution < -0.4 is 16.0 Å². The molecule has 8 heteroatoms. The number of amides is 3. The maximum atomic E-state index is 12.9. The molecule has 1 rings (SSSR count). The number of ether oxygens (including phenoxy) is 1. The Kier molecular flexibility index (Phi) is 6.75. The number of nitrogens with one attached hydrogen (secondary N) is 3. The first kappa shape index (κ1) is 16.2. The molecule has 1 aromatic carbocycles. The van der Waals surface area contributed by atoms with Crippen molar-refractivity contribution in [3.05, 3.63) is 29.0 Å². The molecule has 0 bridgehead atoms. The van der Waals surface area contributed by atoms with Gasteiger partial charge in [0.05, 0.1) is 18.2 Å². The van der Waals surface area contributed by atoms with Gasteiger partial charge in [0.15, 0.2) is 0 Å². The zero-order valence-electron chi connectivity index (χ0n) is 10.8. The van der Waals surface area contributed by atoms with E-state index in [1.165, 1.54) is 19.2 Å². The van der Waals surface area contributed by atoms with Gasteiger partial charge >= 0.3 is 6.03 Å². The molecule has 0 aromatic heterocycles. The molecule has 0 aliphatic carbocycles. The monoisotopic (exact) mass is 303 g/mol. The Morgan fingerprint density at radius 3 is 2.75 bits per heavy atom. The van der Waals surface area contributed by atoms with E-state index in [2.05, 4.69) is 16.0 Å². The van der Waals surface area contributed by atoms with Crippen molar-refractivity contribution in [1.82, 2.24) is 10.6 Å². The molecular formula is C12H15ClFN3O3. The summed E-state index contributed by atoms with van der Waals surface area (Å²) in [6.07, 6.45) is 0. The second kappa shape index (κ2) is 8.34. The first-order valence-corrected chi connectivity index (χ1v) is 6.16. The number of urea groups is 1. The normalized spacial score (nSPS) is 9.95. The van der Waals surface area contributed by atoms with Gasteiger partial charge in [0.1, 0.15) is 5.82 Å². The summed E-state index contributed by atoms with van der Waals surface area (Å²) < 4.78 is 17.7. The second-order valence-corrected chi connectivity index (χ2v) is 4.19. The van der Waals surface area contributed by atoms with Gasteiger partial charge in [-0.3, -0.25) is 4.79 Å². The van der Waals surface area contributed by atoms with Crippen molar-refractivity contribution in [2.75, 3.05) is 32.1 Å². The molecule has 1 aromatic rings. The van der Waals surface area contributed by atoms with Crippen LogP contribution >= 0.6 is 11.6 Å². The minimum Gasteiger partial charge on any atom is -0.383 e. The van der Waals surface area contributed by atoms with Crippen LogP contribution in [0.5, 0.6) is 0 Å². The average molecular weight is 304 g/mol. The number of carbonyl (C=O) groups is 2. The van der Waals surface area contributed by atoms with Gasteiger partial charge in [0.2, 0.25) is 5.91 Å². The topological polar surface area (TPSA) is 79.5 Å². The lowest BCUT2D eigenvalue weighted by atomic mass is 10.3. The Morgan fingerprint density at radius 1 is 1.35 bits per heavy atom. The lowest BCUT2D eigenvalue weighted by Crippen LogP contribution is -2.41. The smallest absolute Gasteiger partial charge is 0.315 e. The molecule has 0 fully saturated rings. The molecule has 0 radical (unpaired) electrons. The fraction of sp³-hybridized carbons (Fsp3) is 0.333. The van der Waals surface area contributed by atoms with Crippen LogP contribution in [0.1, 0.15) is 0 Å². The number of anilines is 1. The molecule has 0 atom stereocenters. The minimum absolute atomic E-state index is 0.0898. The summed E-state index contributed by atoms with van der Waals surface area (Å²) in [5, 5.41) is 7.24. The highest BCUT2D eigenvalue weighted by Crippen LogP contribution is 2.19. The zero-order chi connectivity index (χ0) is 15.0. The van der Waals surface area contributed by atoms with Gasteiger partial charge < -0.3 is 20.7 Å². The Labute approximate surface area is 120 Å². The van der Waals surface area contributed by atoms with Crippen LogP contribution in [0.15, 0.2) is 18.2 Å². The Morgan fingerprint density at radius 2 is 2.10 bits per heavy atom. The van der Waals surface area contributed by atoms with E-state index in [1.54, 1.807) is 0 Å². The van der Waals surface area contributed by atoms with E-state index in [9.17, 15) is 14.0 Å². The summed E-state index contributed by atoms with van der Waals surface area (Å²) in [5.41, 5.74) is 0.350. The number of rotatable bonds is 6. The van der Waals surface area contributed by atoms with Gasteiger partial charge in [0.25, 0.3) is 0 Å². The maximum Gasteiger partial charge on any atom is 0.315 e. The van der Waals surface area contributed by atoms with Crippen LogP contribution in [0.25, 0.3) is 0 Å². The van der Waals surface area contributed by atoms with Gasteiger partial charge in [-0.05, 0) is 18.2 Å². The van der Waals surface area contributed by atoms with Gasteiger partial charge in [-0.1, -0.05) is 11.6 Å². The third-order valence-corrected chi connectivity index (χ3v) is 2.49. The molecule has 3 amide bonds. The molecule has 0 saturated carbocycles. The van der Waals surface area contributed by atoms with Crippen molar-refractivity contribution in [3.63, 3.8) is 0 Å². The number of hydrogen-bond acceptors (Lipinski definition) is 3. The van der Waals surface area contributed by atoms with E-state index >= 15 is 0 Å². The standard InChI is InChI=1S/C12H15ClFN3O3/c1-20-5-4-15-12(19)16-7-11(18)17-8-2-3-10(14)9(13)6-8/h2-3,6H,4-5,7H2,1H3,(H,17,18)(H2,15,16,19). The number of methoxy groups -OCH3 is 1. The van der Waals surface area contributed by atoms with E-state index < -0.39 is 17.8 Å². The van der Waals surface area contributed by atoms with Crippen molar-refractivity contribution in [2.45, 2.75) is 0 Å². The summed E-state index contributed by atoms with van der Waals surface area (Å²) in [5.74, 6) is -1.02. The van der Waals surface area contributed by atoms with E-state index in [1.807, 2.05) is 0 Å². The summed E-state index contributed by atoms with van der Waals surface area (Å²) in [4.78, 5) is 22.8. The molecule has 6 nitrogen and oxygen atoms in total. The SMILES string of the molecule is COCCNC(=O)NCC(=O)Nc1ccc(F)c(Cl)c1. The highest BCUT2D eigenvalue weighted by molar-refractivity contribution is 6.31. The predicted molar refractivity (Wildman–Crippen MR) is 73.3 cm³/mol. The molecule has 3 N–H and O–H groups in total. The summed E-state index contributed by atoms with van der Waals surface area (Å²) in [7, 11) is 1.51. The second-order valence-electron chi connectivity index (χ2n) is 3.78. The van der Waals surface area contributed by atoms with Gasteiger partial charge in [0, 0.05) is 19.3 Å². The van der Waals surface area contributed by atoms with E-state index in [-0.39, 0.29) is 11.6 Å². The molecule has 0 unspecified atom stereocenters. The minimum atomic E-state index is -0.569. The van der Waals surface area contributed by atoms with Crippen LogP contribution in [0, 0.1) is 5.82 Å². The van der Waals surface area contributed by atoms with Crippen LogP contribution in [0.2, 0.25) is 5.02 Å². The number of benzene rings is 1. The van der Waals surface area contributed by atoms with E-state index in [0.717, 1.165) is 6.07 Å². The van der Waals surface area contributed by atoms with Crippen LogP contribution in [0.4, 0.5) is 14.9 Å². The third kappa shape index (κ3) is 5.85. The Hall–Kier alpha value is -1.86. The van der Waals surface area contributed by atoms with Crippen molar-refractivity contribution in [3.8, 4) is 0 Å². The van der Waals surface area contributed by atoms with Crippen LogP contribution in [0.3, 0.4) is 0 Å². The Bertz CT molecular complexity index is 485. The van der Waals surface area contributed by atoms with Crippen molar-refractivity contribution in [2.24, 2.45) is 0 Å². The number of carbonyl (C=O) groups excluding carboxylic acids is 2. The summed E-state index contributed by atoms with van der Waals surface area (Å²) in [6.45, 7) is 0.513. The molecule has 0 aliphatic rings. The van der Waals surface area contributed by atoms with Crippen LogP contribution in [-0.2, 0) is 9.53 Å². The highest BCUT2D eigenvalue weighted by atomic mass is 35.5. The zero-order valence-corrected chi connectivity index (χ0v) is 11.6. The highest BCUT2D eigenvalue weighted by Gasteiger charge is 2.07. The van der Waals surface area contributed by atoms with Crippen molar-refractivity contribution in [1.29, 1.82) is 0 Å². The molecule has 110 valence electrons. The maximum absolute atomic E-state index is 12.9. The van der Waals surface area contributed by atoms with E-state index in [0.29, 0.717) is 18.8 Å². The largest absolute Gasteiger partial charge is 0.383 e. The van der Waals surface area contributed by atoms with Gasteiger partial charge in [-0.2, -0.15) is 0 Å². The van der Waals surface area contributed by atoms with Gasteiger partial charge in [-0.25, -0.2) is 9.18 Å². The average Bonchev–Trinajstić information content (AvgIpc) is 2.41. The molecule has 0 spiro atoms. The Balaban J connectivity index is 2.32.